The van der Waals surface area contributed by atoms with E-state index < -0.39 is 0 Å². The van der Waals surface area contributed by atoms with Crippen LogP contribution in [0.15, 0.2) is 54.7 Å². The van der Waals surface area contributed by atoms with Crippen LogP contribution in [0.2, 0.25) is 0 Å². The van der Waals surface area contributed by atoms with Crippen molar-refractivity contribution >= 4 is 5.91 Å². The summed E-state index contributed by atoms with van der Waals surface area (Å²) >= 11 is 0. The smallest absolute Gasteiger partial charge is 0.234 e. The third kappa shape index (κ3) is 5.54. The third-order valence-electron chi connectivity index (χ3n) is 4.26. The summed E-state index contributed by atoms with van der Waals surface area (Å²) in [5, 5.41) is 3.05. The van der Waals surface area contributed by atoms with E-state index in [1.54, 1.807) is 6.20 Å². The molecule has 3 rings (SSSR count). The summed E-state index contributed by atoms with van der Waals surface area (Å²) in [6.45, 7) is 2.12. The lowest BCUT2D eigenvalue weighted by Gasteiger charge is -2.32. The molecule has 0 saturated carbocycles. The van der Waals surface area contributed by atoms with Crippen LogP contribution in [0.4, 0.5) is 0 Å². The molecule has 1 N–H and O–H groups in total. The normalized spacial score (nSPS) is 19.9. The number of amides is 1. The molecule has 2 heterocycles. The largest absolute Gasteiger partial charge is 0.472 e. The molecule has 1 saturated heterocycles. The molecule has 1 fully saturated rings. The molecule has 138 valence electrons. The SMILES string of the molecule is CN(CC(=O)N[C@@H]1COCC[C@H]1Oc1ccccn1)Cc1ccccc1. The van der Waals surface area contributed by atoms with Crippen LogP contribution in [0.25, 0.3) is 0 Å². The Balaban J connectivity index is 1.51. The van der Waals surface area contributed by atoms with Crippen LogP contribution in [0.5, 0.6) is 5.88 Å². The van der Waals surface area contributed by atoms with Crippen molar-refractivity contribution in [3.05, 3.63) is 60.3 Å². The summed E-state index contributed by atoms with van der Waals surface area (Å²) < 4.78 is 11.5. The average Bonchev–Trinajstić information content (AvgIpc) is 2.65. The Hall–Kier alpha value is -2.44. The van der Waals surface area contributed by atoms with Crippen LogP contribution < -0.4 is 10.1 Å². The van der Waals surface area contributed by atoms with E-state index in [0.29, 0.717) is 25.6 Å². The van der Waals surface area contributed by atoms with Crippen molar-refractivity contribution in [2.45, 2.75) is 25.1 Å². The second-order valence-corrected chi connectivity index (χ2v) is 6.52. The first kappa shape index (κ1) is 18.4. The van der Waals surface area contributed by atoms with E-state index in [9.17, 15) is 4.79 Å². The number of likely N-dealkylation sites (N-methyl/N-ethyl adjacent to an activating group) is 1. The van der Waals surface area contributed by atoms with E-state index in [1.807, 2.05) is 48.3 Å². The highest BCUT2D eigenvalue weighted by atomic mass is 16.5. The van der Waals surface area contributed by atoms with Crippen molar-refractivity contribution in [2.75, 3.05) is 26.8 Å². The van der Waals surface area contributed by atoms with Crippen molar-refractivity contribution < 1.29 is 14.3 Å². The molecule has 1 amide bonds. The summed E-state index contributed by atoms with van der Waals surface area (Å²) in [7, 11) is 1.94. The van der Waals surface area contributed by atoms with Gasteiger partial charge in [0.15, 0.2) is 0 Å². The van der Waals surface area contributed by atoms with Gasteiger partial charge in [0.2, 0.25) is 11.8 Å². The fraction of sp³-hybridized carbons (Fsp3) is 0.400. The molecule has 0 aliphatic carbocycles. The number of ether oxygens (including phenoxy) is 2. The number of aromatic nitrogens is 1. The third-order valence-corrected chi connectivity index (χ3v) is 4.26. The van der Waals surface area contributed by atoms with E-state index in [4.69, 9.17) is 9.47 Å². The number of nitrogens with zero attached hydrogens (tertiary/aromatic N) is 2. The lowest BCUT2D eigenvalue weighted by atomic mass is 10.1. The fourth-order valence-electron chi connectivity index (χ4n) is 3.01. The van der Waals surface area contributed by atoms with E-state index in [0.717, 1.165) is 13.0 Å². The maximum Gasteiger partial charge on any atom is 0.234 e. The number of hydrogen-bond acceptors (Lipinski definition) is 5. The second-order valence-electron chi connectivity index (χ2n) is 6.52. The second kappa shape index (κ2) is 9.31. The van der Waals surface area contributed by atoms with Gasteiger partial charge in [-0.05, 0) is 18.7 Å². The van der Waals surface area contributed by atoms with Gasteiger partial charge in [0, 0.05) is 25.2 Å². The molecule has 0 unspecified atom stereocenters. The molecule has 2 atom stereocenters. The Bertz CT molecular complexity index is 681. The van der Waals surface area contributed by atoms with Crippen molar-refractivity contribution in [3.63, 3.8) is 0 Å². The van der Waals surface area contributed by atoms with Gasteiger partial charge >= 0.3 is 0 Å². The molecule has 0 spiro atoms. The van der Waals surface area contributed by atoms with E-state index in [-0.39, 0.29) is 18.1 Å². The van der Waals surface area contributed by atoms with Gasteiger partial charge in [-0.3, -0.25) is 9.69 Å². The number of pyridine rings is 1. The van der Waals surface area contributed by atoms with Gasteiger partial charge in [0.05, 0.1) is 25.8 Å². The first-order valence-corrected chi connectivity index (χ1v) is 8.88. The molecule has 6 nitrogen and oxygen atoms in total. The number of nitrogens with one attached hydrogen (secondary N) is 1. The molecule has 2 aromatic rings. The zero-order chi connectivity index (χ0) is 18.2. The molecule has 1 aliphatic heterocycles. The zero-order valence-electron chi connectivity index (χ0n) is 15.0. The minimum Gasteiger partial charge on any atom is -0.472 e. The van der Waals surface area contributed by atoms with Crippen molar-refractivity contribution in [1.82, 2.24) is 15.2 Å². The first-order chi connectivity index (χ1) is 12.7. The monoisotopic (exact) mass is 355 g/mol. The summed E-state index contributed by atoms with van der Waals surface area (Å²) in [5.41, 5.74) is 1.18. The van der Waals surface area contributed by atoms with E-state index >= 15 is 0 Å². The van der Waals surface area contributed by atoms with Crippen molar-refractivity contribution in [2.24, 2.45) is 0 Å². The molecular weight excluding hydrogens is 330 g/mol. The summed E-state index contributed by atoms with van der Waals surface area (Å²) in [5.74, 6) is 0.536. The Kier molecular flexibility index (Phi) is 6.57. The molecule has 0 bridgehead atoms. The maximum atomic E-state index is 12.4. The van der Waals surface area contributed by atoms with Crippen LogP contribution in [-0.2, 0) is 16.1 Å². The minimum atomic E-state index is -0.177. The maximum absolute atomic E-state index is 12.4. The first-order valence-electron chi connectivity index (χ1n) is 8.88. The number of carbonyl (C=O) groups excluding carboxylic acids is 1. The summed E-state index contributed by atoms with van der Waals surface area (Å²) in [4.78, 5) is 18.6. The Morgan fingerprint density at radius 1 is 1.27 bits per heavy atom. The standard InChI is InChI=1S/C20H25N3O3/c1-23(13-16-7-3-2-4-8-16)14-19(24)22-17-15-25-12-10-18(17)26-20-9-5-6-11-21-20/h2-9,11,17-18H,10,12-15H2,1H3,(H,22,24)/t17-,18-/m1/s1. The van der Waals surface area contributed by atoms with E-state index in [2.05, 4.69) is 22.4 Å². The zero-order valence-corrected chi connectivity index (χ0v) is 15.0. The van der Waals surface area contributed by atoms with Gasteiger partial charge in [-0.15, -0.1) is 0 Å². The van der Waals surface area contributed by atoms with Crippen LogP contribution in [-0.4, -0.2) is 54.7 Å². The van der Waals surface area contributed by atoms with Crippen molar-refractivity contribution in [3.8, 4) is 5.88 Å². The van der Waals surface area contributed by atoms with Gasteiger partial charge in [-0.1, -0.05) is 36.4 Å². The summed E-state index contributed by atoms with van der Waals surface area (Å²) in [6.07, 6.45) is 2.28. The van der Waals surface area contributed by atoms with Gasteiger partial charge in [-0.25, -0.2) is 4.98 Å². The molecule has 1 aromatic carbocycles. The minimum absolute atomic E-state index is 0.0337. The number of rotatable bonds is 7. The molecule has 26 heavy (non-hydrogen) atoms. The van der Waals surface area contributed by atoms with Gasteiger partial charge in [-0.2, -0.15) is 0 Å². The number of benzene rings is 1. The van der Waals surface area contributed by atoms with Crippen LogP contribution in [0, 0.1) is 0 Å². The lowest BCUT2D eigenvalue weighted by molar-refractivity contribution is -0.125. The topological polar surface area (TPSA) is 63.7 Å². The van der Waals surface area contributed by atoms with E-state index in [1.165, 1.54) is 5.56 Å². The highest BCUT2D eigenvalue weighted by Gasteiger charge is 2.29. The number of hydrogen-bond donors (Lipinski definition) is 1. The Labute approximate surface area is 154 Å². The highest BCUT2D eigenvalue weighted by Crippen LogP contribution is 2.16. The quantitative estimate of drug-likeness (QED) is 0.821. The van der Waals surface area contributed by atoms with Crippen LogP contribution in [0.1, 0.15) is 12.0 Å². The number of carbonyl (C=O) groups is 1. The molecule has 6 heteroatoms. The lowest BCUT2D eigenvalue weighted by Crippen LogP contribution is -2.53. The van der Waals surface area contributed by atoms with Crippen LogP contribution >= 0.6 is 0 Å². The average molecular weight is 355 g/mol. The molecule has 1 aliphatic rings. The van der Waals surface area contributed by atoms with Gasteiger partial charge in [0.25, 0.3) is 0 Å². The molecule has 0 radical (unpaired) electrons. The van der Waals surface area contributed by atoms with Crippen molar-refractivity contribution in [1.29, 1.82) is 0 Å². The van der Waals surface area contributed by atoms with Gasteiger partial charge in [0.1, 0.15) is 6.10 Å². The Morgan fingerprint density at radius 3 is 2.85 bits per heavy atom. The molecule has 1 aromatic heterocycles. The highest BCUT2D eigenvalue weighted by molar-refractivity contribution is 5.78. The Morgan fingerprint density at radius 2 is 2.08 bits per heavy atom. The fourth-order valence-corrected chi connectivity index (χ4v) is 3.01. The molecular formula is C20H25N3O3. The van der Waals surface area contributed by atoms with Gasteiger partial charge < -0.3 is 14.8 Å². The van der Waals surface area contributed by atoms with Crippen LogP contribution in [0.3, 0.4) is 0 Å². The predicted molar refractivity (Wildman–Crippen MR) is 98.8 cm³/mol. The predicted octanol–water partition coefficient (Wildman–Crippen LogP) is 1.87. The summed E-state index contributed by atoms with van der Waals surface area (Å²) in [6, 6.07) is 15.5.